The molecule has 3 amide bonds. The highest BCUT2D eigenvalue weighted by atomic mass is 35.5. The summed E-state index contributed by atoms with van der Waals surface area (Å²) in [7, 11) is 0. The van der Waals surface area contributed by atoms with Crippen molar-refractivity contribution in [1.82, 2.24) is 5.32 Å². The number of benzene rings is 3. The second-order valence-corrected chi connectivity index (χ2v) is 6.12. The summed E-state index contributed by atoms with van der Waals surface area (Å²) in [5.74, 6) is 1.24. The molecule has 0 unspecified atom stereocenters. The molecule has 0 saturated carbocycles. The van der Waals surface area contributed by atoms with Crippen molar-refractivity contribution < 1.29 is 19.1 Å². The maximum Gasteiger partial charge on any atom is 0.325 e. The molecular weight excluding hydrogens is 380 g/mol. The zero-order valence-corrected chi connectivity index (χ0v) is 15.5. The number of imide groups is 1. The molecule has 6 nitrogen and oxygen atoms in total. The van der Waals surface area contributed by atoms with Gasteiger partial charge in [0.05, 0.1) is 0 Å². The Hall–Kier alpha value is -3.51. The summed E-state index contributed by atoms with van der Waals surface area (Å²) in [6.45, 7) is -0.259. The van der Waals surface area contributed by atoms with E-state index in [9.17, 15) is 9.59 Å². The number of anilines is 1. The molecule has 0 atom stereocenters. The fourth-order valence-electron chi connectivity index (χ4n) is 2.24. The predicted octanol–water partition coefficient (Wildman–Crippen LogP) is 4.86. The van der Waals surface area contributed by atoms with Gasteiger partial charge in [-0.25, -0.2) is 4.79 Å². The first-order valence-electron chi connectivity index (χ1n) is 8.41. The van der Waals surface area contributed by atoms with Gasteiger partial charge >= 0.3 is 6.03 Å². The van der Waals surface area contributed by atoms with Crippen LogP contribution in [0.25, 0.3) is 0 Å². The molecule has 0 aromatic heterocycles. The van der Waals surface area contributed by atoms with Gasteiger partial charge in [0, 0.05) is 10.7 Å². The van der Waals surface area contributed by atoms with Crippen LogP contribution in [0.3, 0.4) is 0 Å². The third-order valence-electron chi connectivity index (χ3n) is 3.53. The quantitative estimate of drug-likeness (QED) is 0.623. The van der Waals surface area contributed by atoms with E-state index in [2.05, 4.69) is 10.6 Å². The highest BCUT2D eigenvalue weighted by molar-refractivity contribution is 6.30. The van der Waals surface area contributed by atoms with Gasteiger partial charge in [0.1, 0.15) is 17.2 Å². The minimum absolute atomic E-state index is 0.259. The van der Waals surface area contributed by atoms with Crippen molar-refractivity contribution in [3.63, 3.8) is 0 Å². The number of urea groups is 1. The van der Waals surface area contributed by atoms with E-state index in [1.165, 1.54) is 0 Å². The van der Waals surface area contributed by atoms with Crippen LogP contribution in [0.4, 0.5) is 10.5 Å². The molecule has 0 saturated heterocycles. The van der Waals surface area contributed by atoms with Gasteiger partial charge in [-0.15, -0.1) is 0 Å². The number of hydrogen-bond acceptors (Lipinski definition) is 4. The molecule has 0 aliphatic rings. The first kappa shape index (κ1) is 19.3. The van der Waals surface area contributed by atoms with Crippen LogP contribution in [0.15, 0.2) is 78.9 Å². The number of carbonyl (C=O) groups is 2. The van der Waals surface area contributed by atoms with E-state index in [4.69, 9.17) is 21.1 Å². The smallest absolute Gasteiger partial charge is 0.325 e. The fourth-order valence-corrected chi connectivity index (χ4v) is 2.36. The van der Waals surface area contributed by atoms with Crippen molar-refractivity contribution >= 4 is 29.2 Å². The molecular formula is C21H17ClN2O4. The van der Waals surface area contributed by atoms with Gasteiger partial charge in [0.25, 0.3) is 5.91 Å². The Kier molecular flexibility index (Phi) is 6.49. The van der Waals surface area contributed by atoms with E-state index >= 15 is 0 Å². The molecule has 0 aliphatic carbocycles. The van der Waals surface area contributed by atoms with Crippen LogP contribution in [-0.2, 0) is 4.79 Å². The Morgan fingerprint density at radius 3 is 2.04 bits per heavy atom. The maximum atomic E-state index is 11.9. The highest BCUT2D eigenvalue weighted by Crippen LogP contribution is 2.24. The maximum absolute atomic E-state index is 11.9. The molecule has 0 heterocycles. The summed E-state index contributed by atoms with van der Waals surface area (Å²) in [6, 6.07) is 21.9. The van der Waals surface area contributed by atoms with Crippen molar-refractivity contribution in [3.8, 4) is 17.2 Å². The second kappa shape index (κ2) is 9.43. The number of hydrogen-bond donors (Lipinski definition) is 2. The van der Waals surface area contributed by atoms with Crippen LogP contribution in [0.2, 0.25) is 5.02 Å². The van der Waals surface area contributed by atoms with E-state index in [1.807, 2.05) is 6.07 Å². The standard InChI is InChI=1S/C21H17ClN2O4/c22-15-6-10-18(11-7-15)28-19-12-8-16(9-13-19)23-21(26)24-20(25)14-27-17-4-2-1-3-5-17/h1-13H,14H2,(H2,23,24,25,26). The van der Waals surface area contributed by atoms with Crippen LogP contribution in [0, 0.1) is 0 Å². The normalized spacial score (nSPS) is 10.0. The zero-order chi connectivity index (χ0) is 19.8. The minimum atomic E-state index is -0.645. The van der Waals surface area contributed by atoms with E-state index in [0.29, 0.717) is 28.0 Å². The van der Waals surface area contributed by atoms with Crippen molar-refractivity contribution in [2.75, 3.05) is 11.9 Å². The summed E-state index contributed by atoms with van der Waals surface area (Å²) in [4.78, 5) is 23.7. The van der Waals surface area contributed by atoms with Crippen LogP contribution < -0.4 is 20.1 Å². The van der Waals surface area contributed by atoms with Gasteiger partial charge < -0.3 is 14.8 Å². The lowest BCUT2D eigenvalue weighted by molar-refractivity contribution is -0.121. The molecule has 0 aliphatic heterocycles. The van der Waals surface area contributed by atoms with Crippen LogP contribution >= 0.6 is 11.6 Å². The molecule has 0 bridgehead atoms. The molecule has 3 aromatic rings. The molecule has 0 spiro atoms. The Labute approximate surface area is 167 Å². The molecule has 28 heavy (non-hydrogen) atoms. The summed E-state index contributed by atoms with van der Waals surface area (Å²) in [5.41, 5.74) is 0.512. The summed E-state index contributed by atoms with van der Waals surface area (Å²) >= 11 is 5.84. The third-order valence-corrected chi connectivity index (χ3v) is 3.78. The SMILES string of the molecule is O=C(COc1ccccc1)NC(=O)Nc1ccc(Oc2ccc(Cl)cc2)cc1. The van der Waals surface area contributed by atoms with Gasteiger partial charge in [-0.3, -0.25) is 10.1 Å². The Morgan fingerprint density at radius 1 is 0.786 bits per heavy atom. The number of rotatable bonds is 6. The summed E-state index contributed by atoms with van der Waals surface area (Å²) < 4.78 is 11.0. The molecule has 3 aromatic carbocycles. The first-order chi connectivity index (χ1) is 13.6. The lowest BCUT2D eigenvalue weighted by Crippen LogP contribution is -2.37. The molecule has 0 fully saturated rings. The largest absolute Gasteiger partial charge is 0.484 e. The third kappa shape index (κ3) is 6.03. The van der Waals surface area contributed by atoms with Crippen LogP contribution in [0.5, 0.6) is 17.2 Å². The Balaban J connectivity index is 1.46. The van der Waals surface area contributed by atoms with E-state index in [-0.39, 0.29) is 6.61 Å². The van der Waals surface area contributed by atoms with Gasteiger partial charge in [-0.05, 0) is 60.7 Å². The zero-order valence-electron chi connectivity index (χ0n) is 14.7. The van der Waals surface area contributed by atoms with Crippen LogP contribution in [-0.4, -0.2) is 18.5 Å². The fraction of sp³-hybridized carbons (Fsp3) is 0.0476. The number of ether oxygens (including phenoxy) is 2. The molecule has 7 heteroatoms. The highest BCUT2D eigenvalue weighted by Gasteiger charge is 2.09. The van der Waals surface area contributed by atoms with Gasteiger partial charge in [-0.1, -0.05) is 29.8 Å². The Morgan fingerprint density at radius 2 is 1.39 bits per heavy atom. The number of amides is 3. The average molecular weight is 397 g/mol. The summed E-state index contributed by atoms with van der Waals surface area (Å²) in [6.07, 6.45) is 0. The number of para-hydroxylation sites is 1. The van der Waals surface area contributed by atoms with Crippen molar-refractivity contribution in [2.24, 2.45) is 0 Å². The Bertz CT molecular complexity index is 929. The average Bonchev–Trinajstić information content (AvgIpc) is 2.70. The number of carbonyl (C=O) groups excluding carboxylic acids is 2. The monoisotopic (exact) mass is 396 g/mol. The molecule has 142 valence electrons. The number of halogens is 1. The van der Waals surface area contributed by atoms with Crippen LogP contribution in [0.1, 0.15) is 0 Å². The summed E-state index contributed by atoms with van der Waals surface area (Å²) in [5, 5.41) is 5.40. The lowest BCUT2D eigenvalue weighted by Gasteiger charge is -2.09. The lowest BCUT2D eigenvalue weighted by atomic mass is 10.3. The van der Waals surface area contributed by atoms with E-state index in [1.54, 1.807) is 72.8 Å². The van der Waals surface area contributed by atoms with Crippen molar-refractivity contribution in [3.05, 3.63) is 83.9 Å². The topological polar surface area (TPSA) is 76.7 Å². The van der Waals surface area contributed by atoms with Gasteiger partial charge in [0.15, 0.2) is 6.61 Å². The van der Waals surface area contributed by atoms with Gasteiger partial charge in [-0.2, -0.15) is 0 Å². The van der Waals surface area contributed by atoms with Crippen molar-refractivity contribution in [1.29, 1.82) is 0 Å². The molecule has 2 N–H and O–H groups in total. The van der Waals surface area contributed by atoms with E-state index in [0.717, 1.165) is 0 Å². The van der Waals surface area contributed by atoms with E-state index < -0.39 is 11.9 Å². The van der Waals surface area contributed by atoms with Gasteiger partial charge in [0.2, 0.25) is 0 Å². The second-order valence-electron chi connectivity index (χ2n) is 5.68. The first-order valence-corrected chi connectivity index (χ1v) is 8.78. The predicted molar refractivity (Wildman–Crippen MR) is 107 cm³/mol. The molecule has 3 rings (SSSR count). The molecule has 0 radical (unpaired) electrons. The van der Waals surface area contributed by atoms with Crippen molar-refractivity contribution in [2.45, 2.75) is 0 Å². The minimum Gasteiger partial charge on any atom is -0.484 e. The number of nitrogens with one attached hydrogen (secondary N) is 2.